The maximum atomic E-state index is 11.9. The van der Waals surface area contributed by atoms with Gasteiger partial charge in [0.15, 0.2) is 5.78 Å². The summed E-state index contributed by atoms with van der Waals surface area (Å²) in [5, 5.41) is 11.2. The zero-order valence-electron chi connectivity index (χ0n) is 15.8. The Hall–Kier alpha value is -0.960. The monoisotopic (exact) mass is 344 g/mol. The lowest BCUT2D eigenvalue weighted by molar-refractivity contribution is -0.143. The van der Waals surface area contributed by atoms with Crippen LogP contribution in [0.4, 0.5) is 0 Å². The first-order valence-corrected chi connectivity index (χ1v) is 10.2. The molecule has 25 heavy (non-hydrogen) atoms. The van der Waals surface area contributed by atoms with Crippen LogP contribution < -0.4 is 0 Å². The van der Waals surface area contributed by atoms with Crippen LogP contribution in [-0.4, -0.2) is 23.3 Å². The third kappa shape index (κ3) is 2.27. The van der Waals surface area contributed by atoms with E-state index in [-0.39, 0.29) is 28.6 Å². The van der Waals surface area contributed by atoms with Crippen molar-refractivity contribution in [3.63, 3.8) is 0 Å². The van der Waals surface area contributed by atoms with Crippen molar-refractivity contribution in [2.75, 3.05) is 0 Å². The Morgan fingerprint density at radius 2 is 1.96 bits per heavy atom. The Morgan fingerprint density at radius 1 is 1.20 bits per heavy atom. The van der Waals surface area contributed by atoms with Crippen LogP contribution >= 0.6 is 0 Å². The predicted octanol–water partition coefficient (Wildman–Crippen LogP) is 3.94. The molecule has 0 heterocycles. The van der Waals surface area contributed by atoms with E-state index >= 15 is 0 Å². The molecule has 3 nitrogen and oxygen atoms in total. The molecule has 4 aliphatic carbocycles. The second-order valence-corrected chi connectivity index (χ2v) is 9.77. The van der Waals surface area contributed by atoms with Gasteiger partial charge in [-0.15, -0.1) is 0 Å². The summed E-state index contributed by atoms with van der Waals surface area (Å²) in [4.78, 5) is 23.4. The number of aliphatic hydroxyl groups is 1. The molecular weight excluding hydrogens is 312 g/mol. The van der Waals surface area contributed by atoms with Crippen LogP contribution in [-0.2, 0) is 9.59 Å². The number of hydrogen-bond acceptors (Lipinski definition) is 3. The van der Waals surface area contributed by atoms with E-state index in [9.17, 15) is 14.7 Å². The van der Waals surface area contributed by atoms with Crippen molar-refractivity contribution in [2.24, 2.45) is 40.4 Å². The first-order valence-electron chi connectivity index (χ1n) is 10.2. The lowest BCUT2D eigenvalue weighted by Crippen LogP contribution is -2.57. The molecule has 3 saturated carbocycles. The summed E-state index contributed by atoms with van der Waals surface area (Å²) >= 11 is 0. The first-order chi connectivity index (χ1) is 11.8. The number of allylic oxidation sites excluding steroid dienone is 1. The van der Waals surface area contributed by atoms with E-state index in [0.29, 0.717) is 30.1 Å². The molecule has 4 rings (SSSR count). The molecule has 138 valence electrons. The molecule has 0 spiro atoms. The summed E-state index contributed by atoms with van der Waals surface area (Å²) < 4.78 is 0. The zero-order valence-corrected chi connectivity index (χ0v) is 15.8. The summed E-state index contributed by atoms with van der Waals surface area (Å²) in [5.74, 6) is 2.26. The number of aldehydes is 1. The van der Waals surface area contributed by atoms with Crippen molar-refractivity contribution >= 4 is 12.1 Å². The van der Waals surface area contributed by atoms with Gasteiger partial charge in [0.1, 0.15) is 6.29 Å². The summed E-state index contributed by atoms with van der Waals surface area (Å²) in [6, 6.07) is 0. The molecule has 4 aliphatic rings. The van der Waals surface area contributed by atoms with Gasteiger partial charge in [0.05, 0.1) is 6.10 Å². The minimum Gasteiger partial charge on any atom is -0.393 e. The van der Waals surface area contributed by atoms with Gasteiger partial charge in [-0.05, 0) is 73.7 Å². The highest BCUT2D eigenvalue weighted by Gasteiger charge is 2.62. The molecule has 0 aromatic heterocycles. The topological polar surface area (TPSA) is 54.4 Å². The highest BCUT2D eigenvalue weighted by molar-refractivity contribution is 5.91. The normalized spacial score (nSPS) is 50.3. The third-order valence-electron chi connectivity index (χ3n) is 8.99. The number of carbonyl (C=O) groups is 2. The van der Waals surface area contributed by atoms with Crippen molar-refractivity contribution in [3.05, 3.63) is 11.6 Å². The van der Waals surface area contributed by atoms with Gasteiger partial charge in [-0.2, -0.15) is 0 Å². The summed E-state index contributed by atoms with van der Waals surface area (Å²) in [6.45, 7) is 6.63. The fourth-order valence-electron chi connectivity index (χ4n) is 7.51. The average Bonchev–Trinajstić information content (AvgIpc) is 2.95. The van der Waals surface area contributed by atoms with Crippen LogP contribution in [0.5, 0.6) is 0 Å². The summed E-state index contributed by atoms with van der Waals surface area (Å²) in [6.07, 6.45) is 9.53. The molecule has 8 atom stereocenters. The van der Waals surface area contributed by atoms with Crippen LogP contribution in [0.2, 0.25) is 0 Å². The van der Waals surface area contributed by atoms with E-state index in [2.05, 4.69) is 13.8 Å². The fraction of sp³-hybridized carbons (Fsp3) is 0.818. The number of hydrogen-bond donors (Lipinski definition) is 1. The fourth-order valence-corrected chi connectivity index (χ4v) is 7.51. The number of ketones is 1. The SMILES string of the molecule is CC(C=O)[C@H]1CC[C@H]2[C@@H]3CCC4=CC(=O)CC[C@]4(C)[C@H]3CC(O)[C@]12C. The molecule has 0 aliphatic heterocycles. The number of rotatable bonds is 2. The highest BCUT2D eigenvalue weighted by Crippen LogP contribution is 2.67. The average molecular weight is 344 g/mol. The standard InChI is InChI=1S/C22H32O3/c1-13(12-23)17-6-7-18-16-5-4-14-10-15(24)8-9-21(14,2)19(16)11-20(25)22(17,18)3/h10,12-13,16-20,25H,4-9,11H2,1-3H3/t13?,16-,17+,18-,19-,20?,21-,22+/m0/s1. The lowest BCUT2D eigenvalue weighted by Gasteiger charge is -2.60. The van der Waals surface area contributed by atoms with Crippen molar-refractivity contribution in [3.8, 4) is 0 Å². The molecule has 2 unspecified atom stereocenters. The van der Waals surface area contributed by atoms with E-state index in [1.165, 1.54) is 5.57 Å². The van der Waals surface area contributed by atoms with E-state index in [4.69, 9.17) is 0 Å². The summed E-state index contributed by atoms with van der Waals surface area (Å²) in [7, 11) is 0. The minimum absolute atomic E-state index is 0.0307. The van der Waals surface area contributed by atoms with E-state index < -0.39 is 0 Å². The van der Waals surface area contributed by atoms with Gasteiger partial charge in [-0.3, -0.25) is 4.79 Å². The van der Waals surface area contributed by atoms with Crippen LogP contribution in [0.15, 0.2) is 11.6 Å². The maximum Gasteiger partial charge on any atom is 0.155 e. The number of fused-ring (bicyclic) bond motifs is 5. The van der Waals surface area contributed by atoms with Gasteiger partial charge in [0.2, 0.25) is 0 Å². The Labute approximate surface area is 151 Å². The van der Waals surface area contributed by atoms with Crippen LogP contribution in [0.1, 0.15) is 65.7 Å². The number of aliphatic hydroxyl groups excluding tert-OH is 1. The van der Waals surface area contributed by atoms with Crippen molar-refractivity contribution in [2.45, 2.75) is 71.8 Å². The van der Waals surface area contributed by atoms with Gasteiger partial charge in [0, 0.05) is 17.8 Å². The largest absolute Gasteiger partial charge is 0.393 e. The van der Waals surface area contributed by atoms with Crippen LogP contribution in [0, 0.1) is 40.4 Å². The molecule has 0 aromatic carbocycles. The van der Waals surface area contributed by atoms with Gasteiger partial charge in [-0.25, -0.2) is 0 Å². The quantitative estimate of drug-likeness (QED) is 0.772. The van der Waals surface area contributed by atoms with Gasteiger partial charge in [0.25, 0.3) is 0 Å². The Balaban J connectivity index is 1.70. The molecule has 0 radical (unpaired) electrons. The third-order valence-corrected chi connectivity index (χ3v) is 8.99. The van der Waals surface area contributed by atoms with E-state index in [1.807, 2.05) is 13.0 Å². The van der Waals surface area contributed by atoms with Crippen molar-refractivity contribution in [1.29, 1.82) is 0 Å². The Kier molecular flexibility index (Phi) is 4.03. The van der Waals surface area contributed by atoms with Gasteiger partial charge >= 0.3 is 0 Å². The zero-order chi connectivity index (χ0) is 18.0. The lowest BCUT2D eigenvalue weighted by atomic mass is 9.45. The van der Waals surface area contributed by atoms with Crippen LogP contribution in [0.25, 0.3) is 0 Å². The second kappa shape index (κ2) is 5.77. The van der Waals surface area contributed by atoms with Gasteiger partial charge in [-0.1, -0.05) is 26.3 Å². The van der Waals surface area contributed by atoms with E-state index in [1.54, 1.807) is 0 Å². The number of carbonyl (C=O) groups excluding carboxylic acids is 2. The predicted molar refractivity (Wildman–Crippen MR) is 96.8 cm³/mol. The van der Waals surface area contributed by atoms with Crippen molar-refractivity contribution < 1.29 is 14.7 Å². The molecule has 3 heteroatoms. The van der Waals surface area contributed by atoms with Crippen LogP contribution in [0.3, 0.4) is 0 Å². The molecule has 0 aromatic rings. The van der Waals surface area contributed by atoms with Crippen molar-refractivity contribution in [1.82, 2.24) is 0 Å². The molecule has 1 N–H and O–H groups in total. The molecule has 3 fully saturated rings. The summed E-state index contributed by atoms with van der Waals surface area (Å²) in [5.41, 5.74) is 1.31. The van der Waals surface area contributed by atoms with Gasteiger partial charge < -0.3 is 9.90 Å². The Morgan fingerprint density at radius 3 is 2.68 bits per heavy atom. The molecule has 0 bridgehead atoms. The smallest absolute Gasteiger partial charge is 0.155 e. The second-order valence-electron chi connectivity index (χ2n) is 9.77. The molecular formula is C22H32O3. The minimum atomic E-state index is -0.331. The van der Waals surface area contributed by atoms with E-state index in [0.717, 1.165) is 44.8 Å². The Bertz CT molecular complexity index is 623. The first kappa shape index (κ1) is 17.5. The molecule has 0 amide bonds. The molecule has 0 saturated heterocycles. The highest BCUT2D eigenvalue weighted by atomic mass is 16.3. The maximum absolute atomic E-state index is 11.9.